The summed E-state index contributed by atoms with van der Waals surface area (Å²) < 4.78 is 72.3. The molecule has 29 heteroatoms. The maximum Gasteiger partial charge on any atom is 0.307 e. The molecule has 8 heterocycles. The van der Waals surface area contributed by atoms with Crippen molar-refractivity contribution in [3.8, 4) is 11.5 Å². The number of ether oxygens (including phenoxy) is 13. The van der Waals surface area contributed by atoms with Gasteiger partial charge < -0.3 is 61.6 Å². The van der Waals surface area contributed by atoms with Crippen molar-refractivity contribution in [3.63, 3.8) is 0 Å². The molecule has 16 atom stereocenters. The van der Waals surface area contributed by atoms with Gasteiger partial charge in [0.2, 0.25) is 0 Å². The second-order valence-electron chi connectivity index (χ2n) is 33.1. The van der Waals surface area contributed by atoms with Crippen molar-refractivity contribution in [2.24, 2.45) is 10.8 Å². The summed E-state index contributed by atoms with van der Waals surface area (Å²) in [4.78, 5) is 114. The van der Waals surface area contributed by atoms with E-state index in [-0.39, 0.29) is 126 Å². The molecule has 0 radical (unpaired) electrons. The van der Waals surface area contributed by atoms with Gasteiger partial charge in [-0.05, 0) is 104 Å². The lowest BCUT2D eigenvalue weighted by molar-refractivity contribution is -0.163. The van der Waals surface area contributed by atoms with Crippen LogP contribution in [0.1, 0.15) is 158 Å². The topological polar surface area (TPSA) is 281 Å². The molecule has 0 saturated carbocycles. The van der Waals surface area contributed by atoms with Gasteiger partial charge in [-0.2, -0.15) is 0 Å². The van der Waals surface area contributed by atoms with Crippen molar-refractivity contribution in [1.29, 1.82) is 0 Å². The SMILES string of the molecule is CC1CN1CCC(=O)OCCOc1ccc(C(C)(C)c2ccc(OCCOC(=O)CCN3CC3C)cc2)cc1.CCC(COC(=O)CCN1CC1C)(COC(=O)CCN1CC1C)COC(=O)CCN1CC1C.CCC(COCCOC(=O)CCN1CC1C)(COCCOC(=O)CCN1CC1C)COCCOC(=O)CCN1CC1C. The number of benzene rings is 2. The highest BCUT2D eigenvalue weighted by atomic mass is 16.6. The van der Waals surface area contributed by atoms with Crippen molar-refractivity contribution >= 4 is 47.8 Å². The molecule has 0 bridgehead atoms. The van der Waals surface area contributed by atoms with Crippen LogP contribution in [0, 0.1) is 10.8 Å². The highest BCUT2D eigenvalue weighted by Crippen LogP contribution is 2.34. The van der Waals surface area contributed by atoms with Crippen LogP contribution < -0.4 is 9.47 Å². The highest BCUT2D eigenvalue weighted by Gasteiger charge is 2.39. The number of nitrogens with zero attached hydrogens (tertiary/aromatic N) is 8. The van der Waals surface area contributed by atoms with Crippen molar-refractivity contribution in [1.82, 2.24) is 39.2 Å². The number of rotatable bonds is 57. The summed E-state index contributed by atoms with van der Waals surface area (Å²) in [6, 6.07) is 20.5. The lowest BCUT2D eigenvalue weighted by Gasteiger charge is -2.32. The molecule has 2 aromatic carbocycles. The Balaban J connectivity index is 0.000000216. The van der Waals surface area contributed by atoms with Gasteiger partial charge in [0.25, 0.3) is 0 Å². The summed E-state index contributed by atoms with van der Waals surface area (Å²) in [6.07, 6.45) is 4.24. The summed E-state index contributed by atoms with van der Waals surface area (Å²) >= 11 is 0. The zero-order valence-electron chi connectivity index (χ0n) is 70.6. The maximum atomic E-state index is 12.3. The van der Waals surface area contributed by atoms with Crippen LogP contribution in [0.15, 0.2) is 48.5 Å². The number of hydrogen-bond acceptors (Lipinski definition) is 29. The van der Waals surface area contributed by atoms with Crippen molar-refractivity contribution in [2.45, 2.75) is 201 Å². The maximum absolute atomic E-state index is 12.3. The standard InChI is InChI=1S/C31H42N2O6.C30H53N3O9.C24H41N3O6/c1-23-21-32(23)15-13-29(34)38-19-17-36-27-9-5-25(6-10-27)31(3,4)26-7-11-28(12-8-26)37-18-20-39-30(35)14-16-33-22-24(33)2;1-5-30(21-37-12-15-40-27(34)6-9-31-18-24(31)2,22-38-13-16-41-28(35)7-10-32-19-25(32)3)23-39-14-17-42-29(36)8-11-33-20-26(33)4;1-5-24(15-31-21(28)6-9-25-12-18(25)2,16-32-22(29)7-10-26-13-19(26)3)17-33-23(30)8-11-27-14-20(27)4/h5-12,23-24H,13-22H2,1-4H3;24-26H,5-23H2,1-4H3;18-20H,5-17H2,1-4H3. The van der Waals surface area contributed by atoms with Crippen LogP contribution in [0.5, 0.6) is 11.5 Å². The largest absolute Gasteiger partial charge is 0.490 e. The molecule has 10 rings (SSSR count). The van der Waals surface area contributed by atoms with Gasteiger partial charge in [0, 0.05) is 164 Å². The second kappa shape index (κ2) is 47.1. The van der Waals surface area contributed by atoms with E-state index in [4.69, 9.17) is 61.6 Å². The molecule has 8 fully saturated rings. The zero-order valence-corrected chi connectivity index (χ0v) is 70.6. The Bertz CT molecular complexity index is 3020. The molecule has 2 aromatic rings. The predicted molar refractivity (Wildman–Crippen MR) is 427 cm³/mol. The molecule has 0 amide bonds. The normalized spacial score (nSPS) is 26.5. The fourth-order valence-electron chi connectivity index (χ4n) is 13.1. The first-order chi connectivity index (χ1) is 54.6. The van der Waals surface area contributed by atoms with E-state index in [1.807, 2.05) is 38.1 Å². The van der Waals surface area contributed by atoms with Gasteiger partial charge in [0.05, 0.1) is 96.4 Å². The van der Waals surface area contributed by atoms with Crippen molar-refractivity contribution in [3.05, 3.63) is 59.7 Å². The number of hydrogen-bond donors (Lipinski definition) is 0. The van der Waals surface area contributed by atoms with Crippen LogP contribution in [0.25, 0.3) is 0 Å². The highest BCUT2D eigenvalue weighted by molar-refractivity contribution is 5.72. The van der Waals surface area contributed by atoms with Crippen LogP contribution in [0.4, 0.5) is 0 Å². The van der Waals surface area contributed by atoms with Gasteiger partial charge in [0.1, 0.15) is 77.6 Å². The van der Waals surface area contributed by atoms with Crippen LogP contribution in [-0.4, -0.2) is 346 Å². The average molecular weight is 1610 g/mol. The van der Waals surface area contributed by atoms with Crippen LogP contribution in [0.3, 0.4) is 0 Å². The summed E-state index contributed by atoms with van der Waals surface area (Å²) in [7, 11) is 0. The Labute approximate surface area is 677 Å². The third-order valence-corrected chi connectivity index (χ3v) is 22.9. The van der Waals surface area contributed by atoms with E-state index >= 15 is 0 Å². The van der Waals surface area contributed by atoms with E-state index in [0.29, 0.717) is 165 Å². The minimum Gasteiger partial charge on any atom is -0.490 e. The fraction of sp³-hybridized carbons (Fsp3) is 0.765. The molecule has 0 aromatic heterocycles. The van der Waals surface area contributed by atoms with E-state index in [9.17, 15) is 38.4 Å². The van der Waals surface area contributed by atoms with Crippen molar-refractivity contribution in [2.75, 3.05) is 210 Å². The fourth-order valence-corrected chi connectivity index (χ4v) is 13.1. The van der Waals surface area contributed by atoms with Crippen molar-refractivity contribution < 1.29 is 99.9 Å². The van der Waals surface area contributed by atoms with Crippen LogP contribution in [-0.2, 0) is 95.9 Å². The molecule has 29 nitrogen and oxygen atoms in total. The molecular weight excluding hydrogens is 1470 g/mol. The molecule has 0 spiro atoms. The lowest BCUT2D eigenvalue weighted by atomic mass is 9.78. The molecule has 8 saturated heterocycles. The van der Waals surface area contributed by atoms with E-state index in [1.54, 1.807) is 0 Å². The molecule has 8 aliphatic heterocycles. The number of carbonyl (C=O) groups is 8. The van der Waals surface area contributed by atoms with Gasteiger partial charge in [-0.25, -0.2) is 0 Å². The summed E-state index contributed by atoms with van der Waals surface area (Å²) in [5, 5.41) is 0. The Morgan fingerprint density at radius 1 is 0.281 bits per heavy atom. The third kappa shape index (κ3) is 36.1. The van der Waals surface area contributed by atoms with E-state index < -0.39 is 10.8 Å². The first-order valence-electron chi connectivity index (χ1n) is 42.0. The molecule has 642 valence electrons. The lowest BCUT2D eigenvalue weighted by Crippen LogP contribution is -2.39. The summed E-state index contributed by atoms with van der Waals surface area (Å²) in [5.41, 5.74) is 0.894. The minimum atomic E-state index is -0.742. The predicted octanol–water partition coefficient (Wildman–Crippen LogP) is 6.68. The number of esters is 8. The Hall–Kier alpha value is -6.64. The quantitative estimate of drug-likeness (QED) is 0.0289. The van der Waals surface area contributed by atoms with E-state index in [2.05, 4.69) is 133 Å². The van der Waals surface area contributed by atoms with Gasteiger partial charge >= 0.3 is 47.8 Å². The monoisotopic (exact) mass is 1600 g/mol. The van der Waals surface area contributed by atoms with E-state index in [0.717, 1.165) is 108 Å². The Morgan fingerprint density at radius 2 is 0.465 bits per heavy atom. The average Bonchev–Trinajstić information content (AvgIpc) is 1.68. The molecule has 114 heavy (non-hydrogen) atoms. The van der Waals surface area contributed by atoms with Gasteiger partial charge in [-0.15, -0.1) is 0 Å². The molecule has 0 aliphatic carbocycles. The Kier molecular flexibility index (Phi) is 38.4. The summed E-state index contributed by atoms with van der Waals surface area (Å²) in [5.74, 6) is -0.375. The first-order valence-corrected chi connectivity index (χ1v) is 42.0. The molecular formula is C85H136N8O21. The van der Waals surface area contributed by atoms with Crippen LogP contribution >= 0.6 is 0 Å². The Morgan fingerprint density at radius 3 is 0.658 bits per heavy atom. The smallest absolute Gasteiger partial charge is 0.307 e. The van der Waals surface area contributed by atoms with Crippen LogP contribution in [0.2, 0.25) is 0 Å². The molecule has 8 aliphatic rings. The van der Waals surface area contributed by atoms with Gasteiger partial charge in [-0.3, -0.25) is 77.6 Å². The second-order valence-corrected chi connectivity index (χ2v) is 33.1. The van der Waals surface area contributed by atoms with E-state index in [1.165, 1.54) is 0 Å². The zero-order chi connectivity index (χ0) is 82.2. The summed E-state index contributed by atoms with van der Waals surface area (Å²) in [6.45, 7) is 43.2. The van der Waals surface area contributed by atoms with Gasteiger partial charge in [-0.1, -0.05) is 52.0 Å². The first kappa shape index (κ1) is 92.9. The number of carbonyl (C=O) groups excluding carboxylic acids is 8. The molecule has 0 N–H and O–H groups in total. The van der Waals surface area contributed by atoms with Gasteiger partial charge in [0.15, 0.2) is 0 Å². The molecule has 16 unspecified atom stereocenters. The minimum absolute atomic E-state index is 0.0603. The third-order valence-electron chi connectivity index (χ3n) is 22.9.